The summed E-state index contributed by atoms with van der Waals surface area (Å²) in [5.41, 5.74) is 0.753. The van der Waals surface area contributed by atoms with Crippen molar-refractivity contribution in [3.8, 4) is 10.6 Å². The molecular formula is C11H6BrF2NOS. The Hall–Kier alpha value is -1.14. The molecular weight excluding hydrogens is 312 g/mol. The second-order valence-electron chi connectivity index (χ2n) is 3.32. The van der Waals surface area contributed by atoms with E-state index in [1.165, 1.54) is 24.3 Å². The molecule has 0 unspecified atom stereocenters. The largest absolute Gasteiger partial charge is 0.293 e. The van der Waals surface area contributed by atoms with E-state index < -0.39 is 11.6 Å². The van der Waals surface area contributed by atoms with Crippen LogP contribution in [0.2, 0.25) is 0 Å². The highest BCUT2D eigenvalue weighted by Gasteiger charge is 2.15. The van der Waals surface area contributed by atoms with Gasteiger partial charge >= 0.3 is 0 Å². The molecule has 0 radical (unpaired) electrons. The highest BCUT2D eigenvalue weighted by molar-refractivity contribution is 9.10. The first-order chi connectivity index (χ1) is 8.00. The Bertz CT molecular complexity index is 597. The normalized spacial score (nSPS) is 10.6. The maximum absolute atomic E-state index is 13.3. The van der Waals surface area contributed by atoms with Crippen LogP contribution in [0.5, 0.6) is 0 Å². The number of hydrogen-bond donors (Lipinski definition) is 0. The van der Waals surface area contributed by atoms with Crippen molar-refractivity contribution < 1.29 is 13.6 Å². The number of benzene rings is 1. The second-order valence-corrected chi connectivity index (χ2v) is 4.97. The van der Waals surface area contributed by atoms with Crippen LogP contribution < -0.4 is 0 Å². The number of hydrogen-bond acceptors (Lipinski definition) is 3. The predicted molar refractivity (Wildman–Crippen MR) is 65.2 cm³/mol. The van der Waals surface area contributed by atoms with Crippen LogP contribution in [0.25, 0.3) is 10.6 Å². The van der Waals surface area contributed by atoms with Crippen molar-refractivity contribution in [3.05, 3.63) is 39.3 Å². The lowest BCUT2D eigenvalue weighted by atomic mass is 10.2. The van der Waals surface area contributed by atoms with Crippen LogP contribution >= 0.6 is 27.3 Å². The van der Waals surface area contributed by atoms with Gasteiger partial charge in [-0.2, -0.15) is 0 Å². The Labute approximate surface area is 108 Å². The monoisotopic (exact) mass is 317 g/mol. The minimum Gasteiger partial charge on any atom is -0.293 e. The Balaban J connectivity index is 2.53. The molecule has 1 aromatic carbocycles. The summed E-state index contributed by atoms with van der Waals surface area (Å²) in [6.07, 6.45) is 0. The van der Waals surface area contributed by atoms with Crippen molar-refractivity contribution in [2.75, 3.05) is 0 Å². The molecule has 2 rings (SSSR count). The van der Waals surface area contributed by atoms with Crippen LogP contribution in [0.15, 0.2) is 22.0 Å². The van der Waals surface area contributed by atoms with E-state index >= 15 is 0 Å². The number of ketones is 1. The molecule has 0 atom stereocenters. The van der Waals surface area contributed by atoms with Crippen molar-refractivity contribution in [1.82, 2.24) is 4.98 Å². The summed E-state index contributed by atoms with van der Waals surface area (Å²) in [7, 11) is 0. The third-order valence-corrected chi connectivity index (χ3v) is 3.78. The maximum atomic E-state index is 13.3. The third-order valence-electron chi connectivity index (χ3n) is 2.13. The van der Waals surface area contributed by atoms with Crippen LogP contribution in [0, 0.1) is 11.6 Å². The van der Waals surface area contributed by atoms with Gasteiger partial charge in [-0.05, 0) is 28.1 Å². The minimum absolute atomic E-state index is 0.0157. The zero-order valence-electron chi connectivity index (χ0n) is 8.63. The van der Waals surface area contributed by atoms with Crippen molar-refractivity contribution in [3.63, 3.8) is 0 Å². The number of carbonyl (C=O) groups excluding carboxylic acids is 1. The van der Waals surface area contributed by atoms with Gasteiger partial charge in [0.2, 0.25) is 0 Å². The number of aromatic nitrogens is 1. The van der Waals surface area contributed by atoms with Crippen molar-refractivity contribution >= 4 is 33.0 Å². The molecule has 6 heteroatoms. The highest BCUT2D eigenvalue weighted by atomic mass is 79.9. The Morgan fingerprint density at radius 3 is 2.71 bits per heavy atom. The summed E-state index contributed by atoms with van der Waals surface area (Å²) >= 11 is 4.19. The van der Waals surface area contributed by atoms with E-state index in [2.05, 4.69) is 20.9 Å². The average Bonchev–Trinajstić information content (AvgIpc) is 2.75. The van der Waals surface area contributed by atoms with Gasteiger partial charge in [0.25, 0.3) is 0 Å². The predicted octanol–water partition coefficient (Wildman–Crippen LogP) is 4.05. The van der Waals surface area contributed by atoms with Gasteiger partial charge < -0.3 is 0 Å². The Morgan fingerprint density at radius 2 is 2.12 bits per heavy atom. The van der Waals surface area contributed by atoms with Gasteiger partial charge in [0.05, 0.1) is 4.47 Å². The van der Waals surface area contributed by atoms with Crippen LogP contribution in [0.1, 0.15) is 17.4 Å². The molecule has 1 aromatic heterocycles. The maximum Gasteiger partial charge on any atom is 0.178 e. The van der Waals surface area contributed by atoms with Crippen LogP contribution in [0.4, 0.5) is 8.78 Å². The van der Waals surface area contributed by atoms with E-state index in [4.69, 9.17) is 0 Å². The third kappa shape index (κ3) is 2.28. The summed E-state index contributed by atoms with van der Waals surface area (Å²) in [5, 5.41) is 2.06. The minimum atomic E-state index is -0.956. The molecule has 0 aliphatic carbocycles. The molecule has 0 aliphatic heterocycles. The van der Waals surface area contributed by atoms with E-state index in [0.29, 0.717) is 16.3 Å². The van der Waals surface area contributed by atoms with Gasteiger partial charge in [-0.15, -0.1) is 11.3 Å². The van der Waals surface area contributed by atoms with Crippen LogP contribution in [-0.4, -0.2) is 10.8 Å². The molecule has 1 heterocycles. The fourth-order valence-electron chi connectivity index (χ4n) is 1.25. The van der Waals surface area contributed by atoms with Gasteiger partial charge in [0, 0.05) is 17.9 Å². The number of rotatable bonds is 2. The topological polar surface area (TPSA) is 30.0 Å². The van der Waals surface area contributed by atoms with E-state index in [0.717, 1.165) is 6.07 Å². The SMILES string of the molecule is CC(=O)c1csc(-c2ccc(F)c(F)c2Br)n1. The lowest BCUT2D eigenvalue weighted by molar-refractivity contribution is 0.101. The summed E-state index contributed by atoms with van der Waals surface area (Å²) in [6.45, 7) is 1.40. The molecule has 0 saturated carbocycles. The summed E-state index contributed by atoms with van der Waals surface area (Å²) in [4.78, 5) is 15.2. The fourth-order valence-corrected chi connectivity index (χ4v) is 2.78. The molecule has 88 valence electrons. The molecule has 2 aromatic rings. The van der Waals surface area contributed by atoms with Gasteiger partial charge in [-0.3, -0.25) is 4.79 Å². The van der Waals surface area contributed by atoms with E-state index in [1.807, 2.05) is 0 Å². The summed E-state index contributed by atoms with van der Waals surface area (Å²) in [5.74, 6) is -2.04. The molecule has 17 heavy (non-hydrogen) atoms. The summed E-state index contributed by atoms with van der Waals surface area (Å²) < 4.78 is 26.3. The molecule has 0 bridgehead atoms. The number of nitrogens with zero attached hydrogens (tertiary/aromatic N) is 1. The van der Waals surface area contributed by atoms with Crippen LogP contribution in [0.3, 0.4) is 0 Å². The number of thiazole rings is 1. The van der Waals surface area contributed by atoms with Gasteiger partial charge in [0.15, 0.2) is 17.4 Å². The lowest BCUT2D eigenvalue weighted by Crippen LogP contribution is -1.93. The van der Waals surface area contributed by atoms with Crippen molar-refractivity contribution in [1.29, 1.82) is 0 Å². The first-order valence-corrected chi connectivity index (χ1v) is 6.28. The smallest absolute Gasteiger partial charge is 0.178 e. The Kier molecular flexibility index (Phi) is 3.35. The van der Waals surface area contributed by atoms with Crippen molar-refractivity contribution in [2.24, 2.45) is 0 Å². The zero-order valence-corrected chi connectivity index (χ0v) is 11.0. The standard InChI is InChI=1S/C11H6BrF2NOS/c1-5(16)8-4-17-11(15-8)6-2-3-7(13)10(14)9(6)12/h2-4H,1H3. The number of Topliss-reactive ketones (excluding diaryl/α,β-unsaturated/α-hetero) is 1. The average molecular weight is 318 g/mol. The molecule has 0 spiro atoms. The molecule has 0 N–H and O–H groups in total. The van der Waals surface area contributed by atoms with E-state index in [9.17, 15) is 13.6 Å². The molecule has 0 aliphatic rings. The second kappa shape index (κ2) is 4.62. The number of carbonyl (C=O) groups is 1. The fraction of sp³-hybridized carbons (Fsp3) is 0.0909. The highest BCUT2D eigenvalue weighted by Crippen LogP contribution is 2.33. The van der Waals surface area contributed by atoms with E-state index in [1.54, 1.807) is 5.38 Å². The van der Waals surface area contributed by atoms with Crippen molar-refractivity contribution in [2.45, 2.75) is 6.92 Å². The Morgan fingerprint density at radius 1 is 1.41 bits per heavy atom. The van der Waals surface area contributed by atoms with Gasteiger partial charge in [-0.25, -0.2) is 13.8 Å². The summed E-state index contributed by atoms with van der Waals surface area (Å²) in [6, 6.07) is 2.45. The lowest BCUT2D eigenvalue weighted by Gasteiger charge is -2.02. The first kappa shape index (κ1) is 12.3. The van der Waals surface area contributed by atoms with Gasteiger partial charge in [0.1, 0.15) is 10.7 Å². The molecule has 0 saturated heterocycles. The quantitative estimate of drug-likeness (QED) is 0.617. The number of halogens is 3. The van der Waals surface area contributed by atoms with Gasteiger partial charge in [-0.1, -0.05) is 0 Å². The van der Waals surface area contributed by atoms with E-state index in [-0.39, 0.29) is 10.3 Å². The molecule has 2 nitrogen and oxygen atoms in total. The molecule has 0 amide bonds. The van der Waals surface area contributed by atoms with Crippen LogP contribution in [-0.2, 0) is 0 Å². The zero-order chi connectivity index (χ0) is 12.6. The first-order valence-electron chi connectivity index (χ1n) is 4.61. The molecule has 0 fully saturated rings.